The van der Waals surface area contributed by atoms with Gasteiger partial charge in [0.05, 0.1) is 20.2 Å². The standard InChI is InChI=1S/C18H27N5O3.HI/c1-18(2,3)16-22-15(23-26-16)12-21-17(19-4)20-10-11-25-14-8-6-13(24-5)7-9-14;/h6-9H,10-12H2,1-5H3,(H2,19,20,21);1H. The summed E-state index contributed by atoms with van der Waals surface area (Å²) in [5.41, 5.74) is -0.163. The third kappa shape index (κ3) is 7.61. The molecule has 0 unspecified atom stereocenters. The van der Waals surface area contributed by atoms with Crippen LogP contribution in [0, 0.1) is 0 Å². The van der Waals surface area contributed by atoms with Crippen molar-refractivity contribution in [2.75, 3.05) is 27.3 Å². The largest absolute Gasteiger partial charge is 0.497 e. The number of methoxy groups -OCH3 is 1. The smallest absolute Gasteiger partial charge is 0.232 e. The van der Waals surface area contributed by atoms with E-state index >= 15 is 0 Å². The van der Waals surface area contributed by atoms with E-state index in [0.29, 0.717) is 37.4 Å². The van der Waals surface area contributed by atoms with Gasteiger partial charge < -0.3 is 24.6 Å². The van der Waals surface area contributed by atoms with Crippen LogP contribution in [-0.2, 0) is 12.0 Å². The van der Waals surface area contributed by atoms with Crippen molar-refractivity contribution in [1.82, 2.24) is 20.8 Å². The number of halogens is 1. The Morgan fingerprint density at radius 2 is 1.81 bits per heavy atom. The Morgan fingerprint density at radius 1 is 1.15 bits per heavy atom. The van der Waals surface area contributed by atoms with E-state index in [1.165, 1.54) is 0 Å². The number of hydrogen-bond donors (Lipinski definition) is 2. The molecule has 0 aliphatic carbocycles. The van der Waals surface area contributed by atoms with Crippen molar-refractivity contribution in [2.24, 2.45) is 4.99 Å². The summed E-state index contributed by atoms with van der Waals surface area (Å²) in [5.74, 6) is 3.44. The summed E-state index contributed by atoms with van der Waals surface area (Å²) in [6.45, 7) is 7.62. The fourth-order valence-electron chi connectivity index (χ4n) is 2.02. The predicted octanol–water partition coefficient (Wildman–Crippen LogP) is 2.74. The molecule has 1 heterocycles. The molecule has 2 N–H and O–H groups in total. The van der Waals surface area contributed by atoms with E-state index in [0.717, 1.165) is 11.5 Å². The van der Waals surface area contributed by atoms with Crippen LogP contribution in [-0.4, -0.2) is 43.4 Å². The maximum atomic E-state index is 5.66. The maximum Gasteiger partial charge on any atom is 0.232 e. The molecule has 0 amide bonds. The van der Waals surface area contributed by atoms with Crippen molar-refractivity contribution in [3.05, 3.63) is 36.0 Å². The zero-order valence-corrected chi connectivity index (χ0v) is 18.7. The van der Waals surface area contributed by atoms with Crippen LogP contribution in [0.25, 0.3) is 0 Å². The predicted molar refractivity (Wildman–Crippen MR) is 115 cm³/mol. The Hall–Kier alpha value is -2.04. The zero-order valence-electron chi connectivity index (χ0n) is 16.4. The van der Waals surface area contributed by atoms with Crippen molar-refractivity contribution in [1.29, 1.82) is 0 Å². The molecule has 150 valence electrons. The Bertz CT molecular complexity index is 711. The molecule has 27 heavy (non-hydrogen) atoms. The van der Waals surface area contributed by atoms with Gasteiger partial charge in [0.15, 0.2) is 11.8 Å². The molecule has 2 aromatic rings. The molecule has 0 saturated heterocycles. The van der Waals surface area contributed by atoms with Gasteiger partial charge in [-0.1, -0.05) is 25.9 Å². The summed E-state index contributed by atoms with van der Waals surface area (Å²) in [4.78, 5) is 8.54. The van der Waals surface area contributed by atoms with E-state index in [9.17, 15) is 0 Å². The highest BCUT2D eigenvalue weighted by molar-refractivity contribution is 14.0. The quantitative estimate of drug-likeness (QED) is 0.267. The van der Waals surface area contributed by atoms with Crippen molar-refractivity contribution in [3.8, 4) is 11.5 Å². The second-order valence-electron chi connectivity index (χ2n) is 6.64. The summed E-state index contributed by atoms with van der Waals surface area (Å²) < 4.78 is 16.0. The van der Waals surface area contributed by atoms with Gasteiger partial charge in [-0.25, -0.2) is 0 Å². The van der Waals surface area contributed by atoms with Crippen molar-refractivity contribution in [2.45, 2.75) is 32.7 Å². The monoisotopic (exact) mass is 489 g/mol. The highest BCUT2D eigenvalue weighted by atomic mass is 127. The lowest BCUT2D eigenvalue weighted by molar-refractivity contribution is 0.317. The molecule has 8 nitrogen and oxygen atoms in total. The van der Waals surface area contributed by atoms with E-state index in [4.69, 9.17) is 14.0 Å². The lowest BCUT2D eigenvalue weighted by Crippen LogP contribution is -2.39. The Morgan fingerprint density at radius 3 is 2.37 bits per heavy atom. The number of nitrogens with one attached hydrogen (secondary N) is 2. The molecule has 2 rings (SSSR count). The topological polar surface area (TPSA) is 93.8 Å². The molecule has 1 aromatic carbocycles. The molecule has 0 atom stereocenters. The third-order valence-corrected chi connectivity index (χ3v) is 3.47. The number of hydrogen-bond acceptors (Lipinski definition) is 6. The van der Waals surface area contributed by atoms with Gasteiger partial charge in [-0.15, -0.1) is 24.0 Å². The summed E-state index contributed by atoms with van der Waals surface area (Å²) in [5, 5.41) is 10.3. The number of guanidine groups is 1. The SMILES string of the molecule is CN=C(NCCOc1ccc(OC)cc1)NCc1noc(C(C)(C)C)n1.I. The molecule has 0 aliphatic rings. The first-order chi connectivity index (χ1) is 12.4. The summed E-state index contributed by atoms with van der Waals surface area (Å²) >= 11 is 0. The van der Waals surface area contributed by atoms with Gasteiger partial charge in [0, 0.05) is 12.5 Å². The lowest BCUT2D eigenvalue weighted by Gasteiger charge is -2.12. The Balaban J connectivity index is 0.00000364. The second kappa shape index (κ2) is 11.0. The van der Waals surface area contributed by atoms with Crippen LogP contribution in [0.2, 0.25) is 0 Å². The number of benzene rings is 1. The molecule has 0 radical (unpaired) electrons. The average Bonchev–Trinajstić information content (AvgIpc) is 3.11. The van der Waals surface area contributed by atoms with Gasteiger partial charge in [0.25, 0.3) is 0 Å². The first-order valence-electron chi connectivity index (χ1n) is 8.47. The highest BCUT2D eigenvalue weighted by Gasteiger charge is 2.21. The van der Waals surface area contributed by atoms with Gasteiger partial charge >= 0.3 is 0 Å². The molecule has 0 aliphatic heterocycles. The molecule has 0 spiro atoms. The van der Waals surface area contributed by atoms with Gasteiger partial charge in [0.2, 0.25) is 5.89 Å². The summed E-state index contributed by atoms with van der Waals surface area (Å²) in [6, 6.07) is 7.46. The summed E-state index contributed by atoms with van der Waals surface area (Å²) in [7, 11) is 3.34. The third-order valence-electron chi connectivity index (χ3n) is 3.47. The Labute approximate surface area is 177 Å². The molecule has 0 bridgehead atoms. The van der Waals surface area contributed by atoms with E-state index in [2.05, 4.69) is 25.8 Å². The van der Waals surface area contributed by atoms with Crippen LogP contribution in [0.5, 0.6) is 11.5 Å². The molecule has 9 heteroatoms. The number of aromatic nitrogens is 2. The first-order valence-corrected chi connectivity index (χ1v) is 8.47. The number of aliphatic imine (C=N–C) groups is 1. The van der Waals surface area contributed by atoms with Crippen molar-refractivity contribution >= 4 is 29.9 Å². The minimum Gasteiger partial charge on any atom is -0.497 e. The average molecular weight is 489 g/mol. The van der Waals surface area contributed by atoms with Gasteiger partial charge in [-0.05, 0) is 24.3 Å². The Kier molecular flexibility index (Phi) is 9.33. The highest BCUT2D eigenvalue weighted by Crippen LogP contribution is 2.19. The normalized spacial score (nSPS) is 11.5. The van der Waals surface area contributed by atoms with E-state index < -0.39 is 0 Å². The second-order valence-corrected chi connectivity index (χ2v) is 6.64. The number of ether oxygens (including phenoxy) is 2. The van der Waals surface area contributed by atoms with Gasteiger partial charge in [-0.3, -0.25) is 4.99 Å². The van der Waals surface area contributed by atoms with Gasteiger partial charge in [-0.2, -0.15) is 4.98 Å². The van der Waals surface area contributed by atoms with Crippen LogP contribution in [0.4, 0.5) is 0 Å². The first kappa shape index (κ1) is 23.0. The van der Waals surface area contributed by atoms with Crippen LogP contribution < -0.4 is 20.1 Å². The van der Waals surface area contributed by atoms with Crippen molar-refractivity contribution in [3.63, 3.8) is 0 Å². The minimum absolute atomic E-state index is 0. The van der Waals surface area contributed by atoms with E-state index in [1.54, 1.807) is 14.2 Å². The number of nitrogens with zero attached hydrogens (tertiary/aromatic N) is 3. The molecular formula is C18H28IN5O3. The summed E-state index contributed by atoms with van der Waals surface area (Å²) in [6.07, 6.45) is 0. The van der Waals surface area contributed by atoms with Crippen LogP contribution in [0.3, 0.4) is 0 Å². The molecule has 0 saturated carbocycles. The van der Waals surface area contributed by atoms with Crippen LogP contribution in [0.1, 0.15) is 32.5 Å². The fourth-order valence-corrected chi connectivity index (χ4v) is 2.02. The van der Waals surface area contributed by atoms with E-state index in [-0.39, 0.29) is 29.4 Å². The van der Waals surface area contributed by atoms with Crippen LogP contribution in [0.15, 0.2) is 33.8 Å². The molecule has 0 fully saturated rings. The molecule has 1 aromatic heterocycles. The van der Waals surface area contributed by atoms with Gasteiger partial charge in [0.1, 0.15) is 18.1 Å². The van der Waals surface area contributed by atoms with E-state index in [1.807, 2.05) is 45.0 Å². The minimum atomic E-state index is -0.163. The zero-order chi connectivity index (χ0) is 19.0. The molecular weight excluding hydrogens is 461 g/mol. The van der Waals surface area contributed by atoms with Crippen LogP contribution >= 0.6 is 24.0 Å². The fraction of sp³-hybridized carbons (Fsp3) is 0.500. The maximum absolute atomic E-state index is 5.66. The number of rotatable bonds is 7. The lowest BCUT2D eigenvalue weighted by atomic mass is 9.97. The van der Waals surface area contributed by atoms with Crippen molar-refractivity contribution < 1.29 is 14.0 Å².